The maximum absolute atomic E-state index is 2.38. The maximum Gasteiger partial charge on any atom is 0.0442 e. The highest BCUT2D eigenvalue weighted by molar-refractivity contribution is 7.74. The van der Waals surface area contributed by atoms with Gasteiger partial charge in [0.05, 0.1) is 0 Å². The Hall–Kier alpha value is -1.53. The minimum Gasteiger partial charge on any atom is -0.377 e. The van der Waals surface area contributed by atoms with Crippen molar-refractivity contribution in [3.05, 3.63) is 48.5 Å². The van der Waals surface area contributed by atoms with E-state index in [-0.39, 0.29) is 7.92 Å². The Bertz CT molecular complexity index is 638. The predicted molar refractivity (Wildman–Crippen MR) is 115 cm³/mol. The van der Waals surface area contributed by atoms with Crippen LogP contribution in [0.4, 0.5) is 11.4 Å². The number of para-hydroxylation sites is 2. The summed E-state index contributed by atoms with van der Waals surface area (Å²) in [5.41, 5.74) is 3.56. The summed E-state index contributed by atoms with van der Waals surface area (Å²) < 4.78 is 0. The number of benzene rings is 2. The normalized spacial score (nSPS) is 15.4. The molecule has 3 heteroatoms. The third-order valence-corrected chi connectivity index (χ3v) is 8.23. The van der Waals surface area contributed by atoms with Gasteiger partial charge in [-0.1, -0.05) is 55.7 Å². The summed E-state index contributed by atoms with van der Waals surface area (Å²) in [6.07, 6.45) is 6.92. The van der Waals surface area contributed by atoms with Crippen LogP contribution >= 0.6 is 7.92 Å². The van der Waals surface area contributed by atoms with Gasteiger partial charge in [0.1, 0.15) is 0 Å². The van der Waals surface area contributed by atoms with Crippen molar-refractivity contribution in [1.29, 1.82) is 0 Å². The third-order valence-electron chi connectivity index (χ3n) is 5.19. The molecule has 1 fully saturated rings. The molecule has 0 unspecified atom stereocenters. The summed E-state index contributed by atoms with van der Waals surface area (Å²) in [5.74, 6) is 0. The molecule has 0 atom stereocenters. The largest absolute Gasteiger partial charge is 0.377 e. The SMILES string of the molecule is CN(C)c1ccccc1P(c1ccccc1N(C)C)C1CCCCC1. The Morgan fingerprint density at radius 1 is 0.680 bits per heavy atom. The lowest BCUT2D eigenvalue weighted by atomic mass is 10.0. The van der Waals surface area contributed by atoms with Crippen LogP contribution in [-0.4, -0.2) is 33.8 Å². The van der Waals surface area contributed by atoms with Crippen LogP contribution in [0.1, 0.15) is 32.1 Å². The van der Waals surface area contributed by atoms with Crippen molar-refractivity contribution in [3.8, 4) is 0 Å². The van der Waals surface area contributed by atoms with Gasteiger partial charge in [0.15, 0.2) is 0 Å². The van der Waals surface area contributed by atoms with Crippen molar-refractivity contribution < 1.29 is 0 Å². The van der Waals surface area contributed by atoms with Crippen LogP contribution in [0.3, 0.4) is 0 Å². The van der Waals surface area contributed by atoms with E-state index in [1.54, 1.807) is 10.6 Å². The number of rotatable bonds is 5. The zero-order valence-electron chi connectivity index (χ0n) is 16.1. The van der Waals surface area contributed by atoms with Gasteiger partial charge in [0, 0.05) is 50.2 Å². The number of hydrogen-bond donors (Lipinski definition) is 0. The van der Waals surface area contributed by atoms with Crippen molar-refractivity contribution in [1.82, 2.24) is 0 Å². The van der Waals surface area contributed by atoms with Crippen LogP contribution in [-0.2, 0) is 0 Å². The molecule has 3 rings (SSSR count). The zero-order valence-corrected chi connectivity index (χ0v) is 17.0. The molecule has 0 radical (unpaired) electrons. The molecular formula is C22H31N2P. The van der Waals surface area contributed by atoms with Crippen molar-refractivity contribution >= 4 is 29.9 Å². The lowest BCUT2D eigenvalue weighted by molar-refractivity contribution is 0.513. The Balaban J connectivity index is 2.15. The molecule has 0 N–H and O–H groups in total. The summed E-state index contributed by atoms with van der Waals surface area (Å²) in [6.45, 7) is 0. The molecule has 0 saturated heterocycles. The third kappa shape index (κ3) is 4.01. The van der Waals surface area contributed by atoms with E-state index in [2.05, 4.69) is 86.5 Å². The van der Waals surface area contributed by atoms with Crippen LogP contribution in [0.15, 0.2) is 48.5 Å². The first kappa shape index (κ1) is 18.3. The van der Waals surface area contributed by atoms with Crippen molar-refractivity contribution in [2.45, 2.75) is 37.8 Å². The fourth-order valence-electron chi connectivity index (χ4n) is 3.95. The van der Waals surface area contributed by atoms with Crippen LogP contribution < -0.4 is 20.4 Å². The smallest absolute Gasteiger partial charge is 0.0442 e. The molecule has 25 heavy (non-hydrogen) atoms. The average Bonchev–Trinajstić information content (AvgIpc) is 2.63. The molecule has 0 spiro atoms. The second kappa shape index (κ2) is 8.23. The highest BCUT2D eigenvalue weighted by atomic mass is 31.1. The van der Waals surface area contributed by atoms with Gasteiger partial charge in [0.2, 0.25) is 0 Å². The zero-order chi connectivity index (χ0) is 17.8. The minimum absolute atomic E-state index is 0.359. The lowest BCUT2D eigenvalue weighted by Crippen LogP contribution is -2.30. The van der Waals surface area contributed by atoms with Crippen LogP contribution in [0, 0.1) is 0 Å². The van der Waals surface area contributed by atoms with E-state index in [1.807, 2.05) is 0 Å². The van der Waals surface area contributed by atoms with Crippen LogP contribution in [0.5, 0.6) is 0 Å². The number of anilines is 2. The van der Waals surface area contributed by atoms with Gasteiger partial charge in [-0.05, 0) is 38.6 Å². The molecule has 2 aromatic rings. The standard InChI is InChI=1S/C22H31N2P/c1-23(2)19-14-8-10-16-21(19)25(18-12-6-5-7-13-18)22-17-11-9-15-20(22)24(3)4/h8-11,14-18H,5-7,12-13H2,1-4H3. The van der Waals surface area contributed by atoms with Crippen LogP contribution in [0.25, 0.3) is 0 Å². The fourth-order valence-corrected chi connectivity index (χ4v) is 7.42. The summed E-state index contributed by atoms with van der Waals surface area (Å²) in [6, 6.07) is 18.1. The van der Waals surface area contributed by atoms with Gasteiger partial charge < -0.3 is 9.80 Å². The second-order valence-corrected chi connectivity index (χ2v) is 9.86. The summed E-state index contributed by atoms with van der Waals surface area (Å²) in [5, 5.41) is 3.09. The van der Waals surface area contributed by atoms with Gasteiger partial charge in [-0.25, -0.2) is 0 Å². The highest BCUT2D eigenvalue weighted by Gasteiger charge is 2.30. The van der Waals surface area contributed by atoms with Gasteiger partial charge in [-0.3, -0.25) is 0 Å². The van der Waals surface area contributed by atoms with E-state index >= 15 is 0 Å². The fraction of sp³-hybridized carbons (Fsp3) is 0.455. The van der Waals surface area contributed by atoms with E-state index in [1.165, 1.54) is 43.5 Å². The predicted octanol–water partition coefficient (Wildman–Crippen LogP) is 4.58. The average molecular weight is 354 g/mol. The molecule has 134 valence electrons. The van der Waals surface area contributed by atoms with Crippen molar-refractivity contribution in [2.24, 2.45) is 0 Å². The highest BCUT2D eigenvalue weighted by Crippen LogP contribution is 2.49. The summed E-state index contributed by atoms with van der Waals surface area (Å²) in [7, 11) is 8.33. The molecule has 0 aliphatic heterocycles. The van der Waals surface area contributed by atoms with Crippen molar-refractivity contribution in [2.75, 3.05) is 38.0 Å². The molecule has 0 aromatic heterocycles. The topological polar surface area (TPSA) is 6.48 Å². The molecular weight excluding hydrogens is 323 g/mol. The Morgan fingerprint density at radius 2 is 1.12 bits per heavy atom. The quantitative estimate of drug-likeness (QED) is 0.725. The Morgan fingerprint density at radius 3 is 1.56 bits per heavy atom. The number of nitrogens with zero attached hydrogens (tertiary/aromatic N) is 2. The van der Waals surface area contributed by atoms with E-state index in [0.717, 1.165) is 5.66 Å². The molecule has 2 aromatic carbocycles. The second-order valence-electron chi connectivity index (χ2n) is 7.43. The first-order valence-electron chi connectivity index (χ1n) is 9.41. The first-order chi connectivity index (χ1) is 12.1. The molecule has 1 aliphatic carbocycles. The van der Waals surface area contributed by atoms with Gasteiger partial charge in [0.25, 0.3) is 0 Å². The number of hydrogen-bond acceptors (Lipinski definition) is 2. The Kier molecular flexibility index (Phi) is 6.02. The van der Waals surface area contributed by atoms with Gasteiger partial charge >= 0.3 is 0 Å². The van der Waals surface area contributed by atoms with Gasteiger partial charge in [-0.15, -0.1) is 0 Å². The van der Waals surface area contributed by atoms with Gasteiger partial charge in [-0.2, -0.15) is 0 Å². The lowest BCUT2D eigenvalue weighted by Gasteiger charge is -2.35. The molecule has 2 nitrogen and oxygen atoms in total. The molecule has 1 saturated carbocycles. The Labute approximate surface area is 154 Å². The summed E-state index contributed by atoms with van der Waals surface area (Å²) in [4.78, 5) is 4.57. The monoisotopic (exact) mass is 354 g/mol. The first-order valence-corrected chi connectivity index (χ1v) is 10.8. The summed E-state index contributed by atoms with van der Waals surface area (Å²) >= 11 is 0. The molecule has 0 heterocycles. The van der Waals surface area contributed by atoms with E-state index in [9.17, 15) is 0 Å². The molecule has 1 aliphatic rings. The van der Waals surface area contributed by atoms with E-state index < -0.39 is 0 Å². The molecule has 0 bridgehead atoms. The van der Waals surface area contributed by atoms with Crippen molar-refractivity contribution in [3.63, 3.8) is 0 Å². The van der Waals surface area contributed by atoms with Crippen LogP contribution in [0.2, 0.25) is 0 Å². The van der Waals surface area contributed by atoms with E-state index in [0.29, 0.717) is 0 Å². The minimum atomic E-state index is -0.359. The van der Waals surface area contributed by atoms with E-state index in [4.69, 9.17) is 0 Å². The maximum atomic E-state index is 2.38. The molecule has 0 amide bonds.